The summed E-state index contributed by atoms with van der Waals surface area (Å²) in [5.74, 6) is 0. The molecule has 0 spiro atoms. The van der Waals surface area contributed by atoms with E-state index in [0.29, 0.717) is 35.2 Å². The number of aryl methyl sites for hydroxylation is 1. The Bertz CT molecular complexity index is 1120. The van der Waals surface area contributed by atoms with Crippen LogP contribution >= 0.6 is 22.9 Å². The van der Waals surface area contributed by atoms with Crippen LogP contribution in [0.15, 0.2) is 42.6 Å². The van der Waals surface area contributed by atoms with Crippen LogP contribution in [0, 0.1) is 6.92 Å². The van der Waals surface area contributed by atoms with E-state index in [1.54, 1.807) is 6.92 Å². The van der Waals surface area contributed by atoms with Gasteiger partial charge in [-0.2, -0.15) is 10.2 Å². The minimum Gasteiger partial charge on any atom is -0.268 e. The summed E-state index contributed by atoms with van der Waals surface area (Å²) in [6, 6.07) is 11.0. The number of halogens is 3. The molecular formula is C19H17ClF2N6S. The molecule has 1 aromatic carbocycles. The molecule has 3 aromatic heterocycles. The number of alkyl halides is 2. The van der Waals surface area contributed by atoms with E-state index < -0.39 is 6.43 Å². The summed E-state index contributed by atoms with van der Waals surface area (Å²) in [5.41, 5.74) is 2.31. The van der Waals surface area contributed by atoms with E-state index in [1.165, 1.54) is 22.1 Å². The Labute approximate surface area is 174 Å². The highest BCUT2D eigenvalue weighted by Crippen LogP contribution is 2.20. The Kier molecular flexibility index (Phi) is 5.68. The molecular weight excluding hydrogens is 418 g/mol. The molecule has 4 rings (SSSR count). The molecule has 0 N–H and O–H groups in total. The van der Waals surface area contributed by atoms with Crippen molar-refractivity contribution in [1.82, 2.24) is 29.8 Å². The second-order valence-electron chi connectivity index (χ2n) is 6.53. The molecule has 0 radical (unpaired) electrons. The summed E-state index contributed by atoms with van der Waals surface area (Å²) >= 11 is 7.63. The summed E-state index contributed by atoms with van der Waals surface area (Å²) in [5, 5.41) is 19.1. The molecule has 0 aliphatic rings. The molecule has 150 valence electrons. The third-order valence-electron chi connectivity index (χ3n) is 4.34. The van der Waals surface area contributed by atoms with Crippen LogP contribution in [0.3, 0.4) is 0 Å². The highest BCUT2D eigenvalue weighted by Gasteiger charge is 2.15. The van der Waals surface area contributed by atoms with E-state index in [1.807, 2.05) is 41.2 Å². The van der Waals surface area contributed by atoms with E-state index in [4.69, 9.17) is 11.6 Å². The molecule has 4 aromatic rings. The van der Waals surface area contributed by atoms with Gasteiger partial charge in [0, 0.05) is 23.3 Å². The Balaban J connectivity index is 1.41. The largest absolute Gasteiger partial charge is 0.282 e. The SMILES string of the molecule is Cc1cc(C(F)F)nn1Cc1nnc(Cc2ccn(Cc3ccccc3Cl)n2)s1. The minimum atomic E-state index is -2.58. The van der Waals surface area contributed by atoms with Crippen molar-refractivity contribution in [3.63, 3.8) is 0 Å². The van der Waals surface area contributed by atoms with Crippen molar-refractivity contribution in [3.05, 3.63) is 80.3 Å². The molecule has 0 unspecified atom stereocenters. The Morgan fingerprint density at radius 1 is 1.07 bits per heavy atom. The maximum absolute atomic E-state index is 12.8. The molecule has 0 amide bonds. The molecule has 0 aliphatic heterocycles. The summed E-state index contributed by atoms with van der Waals surface area (Å²) < 4.78 is 28.9. The lowest BCUT2D eigenvalue weighted by molar-refractivity contribution is 0.145. The lowest BCUT2D eigenvalue weighted by Gasteiger charge is -2.03. The minimum absolute atomic E-state index is 0.226. The van der Waals surface area contributed by atoms with Crippen molar-refractivity contribution in [3.8, 4) is 0 Å². The number of nitrogens with zero attached hydrogens (tertiary/aromatic N) is 6. The predicted molar refractivity (Wildman–Crippen MR) is 107 cm³/mol. The second-order valence-corrected chi connectivity index (χ2v) is 8.09. The molecule has 0 saturated heterocycles. The Morgan fingerprint density at radius 2 is 1.86 bits per heavy atom. The highest BCUT2D eigenvalue weighted by atomic mass is 35.5. The van der Waals surface area contributed by atoms with Gasteiger partial charge < -0.3 is 0 Å². The standard InChI is InChI=1S/C19H17ClF2N6S/c1-12-8-16(19(21)22)26-28(12)11-18-24-23-17(29-18)9-14-6-7-27(25-14)10-13-4-2-3-5-15(13)20/h2-8,19H,9-11H2,1H3. The summed E-state index contributed by atoms with van der Waals surface area (Å²) in [7, 11) is 0. The predicted octanol–water partition coefficient (Wildman–Crippen LogP) is 4.52. The van der Waals surface area contributed by atoms with E-state index in [2.05, 4.69) is 20.4 Å². The number of rotatable bonds is 7. The zero-order chi connectivity index (χ0) is 20.4. The first kappa shape index (κ1) is 19.7. The first-order chi connectivity index (χ1) is 14.0. The summed E-state index contributed by atoms with van der Waals surface area (Å²) in [6.07, 6.45) is -0.131. The van der Waals surface area contributed by atoms with Gasteiger partial charge in [-0.25, -0.2) is 8.78 Å². The van der Waals surface area contributed by atoms with Crippen LogP contribution in [0.1, 0.15) is 39.1 Å². The smallest absolute Gasteiger partial charge is 0.268 e. The van der Waals surface area contributed by atoms with Crippen LogP contribution in [0.2, 0.25) is 5.02 Å². The van der Waals surface area contributed by atoms with E-state index >= 15 is 0 Å². The fourth-order valence-corrected chi connectivity index (χ4v) is 3.93. The van der Waals surface area contributed by atoms with Crippen molar-refractivity contribution >= 4 is 22.9 Å². The van der Waals surface area contributed by atoms with Gasteiger partial charge in [-0.15, -0.1) is 10.2 Å². The first-order valence-electron chi connectivity index (χ1n) is 8.87. The van der Waals surface area contributed by atoms with Crippen LogP contribution in [-0.2, 0) is 19.5 Å². The van der Waals surface area contributed by atoms with Gasteiger partial charge >= 0.3 is 0 Å². The third-order valence-corrected chi connectivity index (χ3v) is 5.61. The zero-order valence-corrected chi connectivity index (χ0v) is 17.0. The second kappa shape index (κ2) is 8.38. The Morgan fingerprint density at radius 3 is 2.62 bits per heavy atom. The molecule has 0 bridgehead atoms. The first-order valence-corrected chi connectivity index (χ1v) is 10.1. The molecule has 0 atom stereocenters. The molecule has 0 fully saturated rings. The maximum atomic E-state index is 12.8. The number of benzene rings is 1. The van der Waals surface area contributed by atoms with Crippen LogP contribution in [0.4, 0.5) is 8.78 Å². The van der Waals surface area contributed by atoms with E-state index in [9.17, 15) is 8.78 Å². The van der Waals surface area contributed by atoms with Crippen molar-refractivity contribution in [2.45, 2.75) is 32.9 Å². The van der Waals surface area contributed by atoms with Gasteiger partial charge in [0.25, 0.3) is 6.43 Å². The van der Waals surface area contributed by atoms with Crippen molar-refractivity contribution in [1.29, 1.82) is 0 Å². The van der Waals surface area contributed by atoms with Crippen molar-refractivity contribution in [2.24, 2.45) is 0 Å². The fourth-order valence-electron chi connectivity index (χ4n) is 2.90. The van der Waals surface area contributed by atoms with Crippen molar-refractivity contribution < 1.29 is 8.78 Å². The van der Waals surface area contributed by atoms with Crippen LogP contribution < -0.4 is 0 Å². The molecule has 10 heteroatoms. The molecule has 0 saturated carbocycles. The van der Waals surface area contributed by atoms with E-state index in [0.717, 1.165) is 16.3 Å². The summed E-state index contributed by atoms with van der Waals surface area (Å²) in [6.45, 7) is 2.65. The quantitative estimate of drug-likeness (QED) is 0.429. The van der Waals surface area contributed by atoms with Gasteiger partial charge in [-0.3, -0.25) is 9.36 Å². The van der Waals surface area contributed by atoms with Crippen LogP contribution in [0.5, 0.6) is 0 Å². The van der Waals surface area contributed by atoms with Gasteiger partial charge in [0.15, 0.2) is 0 Å². The van der Waals surface area contributed by atoms with Crippen molar-refractivity contribution in [2.75, 3.05) is 0 Å². The fraction of sp³-hybridized carbons (Fsp3) is 0.263. The summed E-state index contributed by atoms with van der Waals surface area (Å²) in [4.78, 5) is 0. The molecule has 6 nitrogen and oxygen atoms in total. The molecule has 0 aliphatic carbocycles. The van der Waals surface area contributed by atoms with E-state index in [-0.39, 0.29) is 5.69 Å². The normalized spacial score (nSPS) is 11.5. The van der Waals surface area contributed by atoms with Gasteiger partial charge in [-0.1, -0.05) is 41.1 Å². The average molecular weight is 435 g/mol. The van der Waals surface area contributed by atoms with Gasteiger partial charge in [0.1, 0.15) is 15.7 Å². The van der Waals surface area contributed by atoms with Gasteiger partial charge in [-0.05, 0) is 30.7 Å². The molecule has 29 heavy (non-hydrogen) atoms. The maximum Gasteiger partial charge on any atom is 0.282 e. The monoisotopic (exact) mass is 434 g/mol. The van der Waals surface area contributed by atoms with Crippen LogP contribution in [0.25, 0.3) is 0 Å². The Hall–Kier alpha value is -2.65. The highest BCUT2D eigenvalue weighted by molar-refractivity contribution is 7.11. The topological polar surface area (TPSA) is 61.4 Å². The average Bonchev–Trinajstić information content (AvgIpc) is 3.40. The lowest BCUT2D eigenvalue weighted by Crippen LogP contribution is -2.04. The van der Waals surface area contributed by atoms with Gasteiger partial charge in [0.05, 0.1) is 18.8 Å². The zero-order valence-electron chi connectivity index (χ0n) is 15.5. The molecule has 3 heterocycles. The lowest BCUT2D eigenvalue weighted by atomic mass is 10.2. The number of aromatic nitrogens is 6. The number of hydrogen-bond acceptors (Lipinski definition) is 5. The van der Waals surface area contributed by atoms with Gasteiger partial charge in [0.2, 0.25) is 0 Å². The number of hydrogen-bond donors (Lipinski definition) is 0. The van der Waals surface area contributed by atoms with Crippen LogP contribution in [-0.4, -0.2) is 29.8 Å². The third kappa shape index (κ3) is 4.68.